The summed E-state index contributed by atoms with van der Waals surface area (Å²) in [4.78, 5) is 10.1. The van der Waals surface area contributed by atoms with Gasteiger partial charge in [-0.05, 0) is 5.56 Å². The van der Waals surface area contributed by atoms with Gasteiger partial charge in [0.2, 0.25) is 0 Å². The van der Waals surface area contributed by atoms with Gasteiger partial charge < -0.3 is 0 Å². The molecule has 0 radical (unpaired) electrons. The zero-order valence-corrected chi connectivity index (χ0v) is 7.85. The van der Waals surface area contributed by atoms with E-state index in [4.69, 9.17) is 23.2 Å². The molecule has 0 unspecified atom stereocenters. The predicted octanol–water partition coefficient (Wildman–Crippen LogP) is 2.60. The molecule has 0 aliphatic rings. The van der Waals surface area contributed by atoms with Crippen molar-refractivity contribution in [2.45, 2.75) is 11.3 Å². The number of Topliss-reactive ketones (excluding diaryl/α,β-unsaturated/α-hetero) is 1. The molecule has 1 aromatic rings. The van der Waals surface area contributed by atoms with Crippen molar-refractivity contribution in [3.8, 4) is 0 Å². The average molecular weight is 203 g/mol. The Bertz CT molecular complexity index is 256. The second-order valence-corrected chi connectivity index (χ2v) is 3.53. The van der Waals surface area contributed by atoms with Crippen molar-refractivity contribution in [3.63, 3.8) is 0 Å². The Morgan fingerprint density at radius 2 is 1.83 bits per heavy atom. The molecular formula is C9H8Cl2O. The van der Waals surface area contributed by atoms with Crippen LogP contribution in [-0.4, -0.2) is 10.6 Å². The molecule has 0 saturated carbocycles. The molecule has 0 N–H and O–H groups in total. The van der Waals surface area contributed by atoms with Gasteiger partial charge in [-0.15, -0.1) is 0 Å². The summed E-state index contributed by atoms with van der Waals surface area (Å²) >= 11 is 10.8. The molecular weight excluding hydrogens is 195 g/mol. The lowest BCUT2D eigenvalue weighted by atomic mass is 10.1. The van der Waals surface area contributed by atoms with E-state index in [1.165, 1.54) is 0 Å². The monoisotopic (exact) mass is 202 g/mol. The van der Waals surface area contributed by atoms with E-state index in [1.807, 2.05) is 30.3 Å². The van der Waals surface area contributed by atoms with Gasteiger partial charge in [0.1, 0.15) is 0 Å². The van der Waals surface area contributed by atoms with E-state index in [0.29, 0.717) is 6.42 Å². The Labute approximate surface area is 81.3 Å². The highest BCUT2D eigenvalue weighted by atomic mass is 35.5. The summed E-state index contributed by atoms with van der Waals surface area (Å²) in [6.45, 7) is 0. The van der Waals surface area contributed by atoms with Crippen molar-refractivity contribution in [2.75, 3.05) is 0 Å². The smallest absolute Gasteiger partial charge is 0.170 e. The highest BCUT2D eigenvalue weighted by Gasteiger charge is 2.11. The maximum Gasteiger partial charge on any atom is 0.170 e. The van der Waals surface area contributed by atoms with Gasteiger partial charge in [0.25, 0.3) is 0 Å². The van der Waals surface area contributed by atoms with Crippen molar-refractivity contribution in [1.82, 2.24) is 0 Å². The maximum atomic E-state index is 11.0. The maximum absolute atomic E-state index is 11.0. The van der Waals surface area contributed by atoms with Crippen LogP contribution in [0.15, 0.2) is 30.3 Å². The molecule has 0 aliphatic carbocycles. The molecule has 0 amide bonds. The number of halogens is 2. The SMILES string of the molecule is O=C(Cc1ccccc1)C(Cl)Cl. The molecule has 0 aliphatic heterocycles. The summed E-state index contributed by atoms with van der Waals surface area (Å²) in [6, 6.07) is 9.38. The fourth-order valence-corrected chi connectivity index (χ4v) is 1.03. The van der Waals surface area contributed by atoms with Crippen molar-refractivity contribution in [2.24, 2.45) is 0 Å². The van der Waals surface area contributed by atoms with Crippen LogP contribution in [-0.2, 0) is 11.2 Å². The molecule has 0 bridgehead atoms. The Balaban J connectivity index is 2.59. The molecule has 1 aromatic carbocycles. The molecule has 3 heteroatoms. The van der Waals surface area contributed by atoms with Gasteiger partial charge in [-0.2, -0.15) is 0 Å². The van der Waals surface area contributed by atoms with Crippen LogP contribution in [0, 0.1) is 0 Å². The first kappa shape index (κ1) is 9.56. The predicted molar refractivity (Wildman–Crippen MR) is 50.6 cm³/mol. The minimum absolute atomic E-state index is 0.162. The summed E-state index contributed by atoms with van der Waals surface area (Å²) in [5, 5.41) is 0. The van der Waals surface area contributed by atoms with Crippen LogP contribution in [0.3, 0.4) is 0 Å². The van der Waals surface area contributed by atoms with E-state index in [0.717, 1.165) is 5.56 Å². The molecule has 12 heavy (non-hydrogen) atoms. The number of hydrogen-bond donors (Lipinski definition) is 0. The van der Waals surface area contributed by atoms with Gasteiger partial charge in [0.15, 0.2) is 10.6 Å². The van der Waals surface area contributed by atoms with Crippen LogP contribution in [0.4, 0.5) is 0 Å². The number of hydrogen-bond acceptors (Lipinski definition) is 1. The van der Waals surface area contributed by atoms with E-state index in [-0.39, 0.29) is 5.78 Å². The summed E-state index contributed by atoms with van der Waals surface area (Å²) in [5.74, 6) is -0.162. The molecule has 0 fully saturated rings. The first-order valence-corrected chi connectivity index (χ1v) is 4.42. The number of ketones is 1. The number of carbonyl (C=O) groups is 1. The standard InChI is InChI=1S/C9H8Cl2O/c10-9(11)8(12)6-7-4-2-1-3-5-7/h1-5,9H,6H2. The van der Waals surface area contributed by atoms with Gasteiger partial charge in [0, 0.05) is 6.42 Å². The van der Waals surface area contributed by atoms with E-state index < -0.39 is 4.84 Å². The third-order valence-corrected chi connectivity index (χ3v) is 1.95. The number of rotatable bonds is 3. The summed E-state index contributed by atoms with van der Waals surface area (Å²) < 4.78 is 0. The molecule has 1 rings (SSSR count). The second kappa shape index (κ2) is 4.48. The van der Waals surface area contributed by atoms with Crippen molar-refractivity contribution in [1.29, 1.82) is 0 Å². The average Bonchev–Trinajstić information content (AvgIpc) is 2.06. The normalized spacial score (nSPS) is 10.2. The first-order chi connectivity index (χ1) is 5.70. The molecule has 0 saturated heterocycles. The quantitative estimate of drug-likeness (QED) is 0.690. The Morgan fingerprint density at radius 1 is 1.25 bits per heavy atom. The van der Waals surface area contributed by atoms with Crippen molar-refractivity contribution >= 4 is 29.0 Å². The van der Waals surface area contributed by atoms with Crippen LogP contribution in [0.5, 0.6) is 0 Å². The van der Waals surface area contributed by atoms with Crippen molar-refractivity contribution < 1.29 is 4.79 Å². The van der Waals surface area contributed by atoms with Gasteiger partial charge in [-0.3, -0.25) is 4.79 Å². The van der Waals surface area contributed by atoms with Crippen molar-refractivity contribution in [3.05, 3.63) is 35.9 Å². The lowest BCUT2D eigenvalue weighted by molar-refractivity contribution is -0.116. The lowest BCUT2D eigenvalue weighted by Crippen LogP contribution is -2.10. The second-order valence-electron chi connectivity index (χ2n) is 2.43. The lowest BCUT2D eigenvalue weighted by Gasteiger charge is -1.99. The van der Waals surface area contributed by atoms with Gasteiger partial charge in [-0.25, -0.2) is 0 Å². The molecule has 1 nitrogen and oxygen atoms in total. The molecule has 0 atom stereocenters. The third-order valence-electron chi connectivity index (χ3n) is 1.46. The minimum Gasteiger partial charge on any atom is -0.296 e. The zero-order chi connectivity index (χ0) is 8.97. The topological polar surface area (TPSA) is 17.1 Å². The van der Waals surface area contributed by atoms with E-state index >= 15 is 0 Å². The number of carbonyl (C=O) groups excluding carboxylic acids is 1. The highest BCUT2D eigenvalue weighted by Crippen LogP contribution is 2.08. The number of alkyl halides is 2. The molecule has 0 spiro atoms. The Morgan fingerprint density at radius 3 is 2.33 bits per heavy atom. The van der Waals surface area contributed by atoms with Crippen LogP contribution in [0.25, 0.3) is 0 Å². The van der Waals surface area contributed by atoms with Crippen LogP contribution < -0.4 is 0 Å². The molecule has 64 valence electrons. The first-order valence-electron chi connectivity index (χ1n) is 3.55. The van der Waals surface area contributed by atoms with Gasteiger partial charge >= 0.3 is 0 Å². The summed E-state index contributed by atoms with van der Waals surface area (Å²) in [7, 11) is 0. The zero-order valence-electron chi connectivity index (χ0n) is 6.34. The van der Waals surface area contributed by atoms with E-state index in [1.54, 1.807) is 0 Å². The minimum atomic E-state index is -0.912. The van der Waals surface area contributed by atoms with E-state index in [2.05, 4.69) is 0 Å². The fraction of sp³-hybridized carbons (Fsp3) is 0.222. The molecule has 0 heterocycles. The van der Waals surface area contributed by atoms with Crippen LogP contribution in [0.2, 0.25) is 0 Å². The van der Waals surface area contributed by atoms with Gasteiger partial charge in [-0.1, -0.05) is 53.5 Å². The summed E-state index contributed by atoms with van der Waals surface area (Å²) in [6.07, 6.45) is 0.304. The third kappa shape index (κ3) is 2.84. The highest BCUT2D eigenvalue weighted by molar-refractivity contribution is 6.53. The Hall–Kier alpha value is -0.530. The van der Waals surface area contributed by atoms with Crippen LogP contribution >= 0.6 is 23.2 Å². The van der Waals surface area contributed by atoms with Gasteiger partial charge in [0.05, 0.1) is 0 Å². The Kier molecular flexibility index (Phi) is 3.57. The summed E-state index contributed by atoms with van der Waals surface area (Å²) in [5.41, 5.74) is 0.939. The fourth-order valence-electron chi connectivity index (χ4n) is 0.874. The van der Waals surface area contributed by atoms with E-state index in [9.17, 15) is 4.79 Å². The largest absolute Gasteiger partial charge is 0.296 e. The molecule has 0 aromatic heterocycles. The van der Waals surface area contributed by atoms with Crippen LogP contribution in [0.1, 0.15) is 5.56 Å². The number of benzene rings is 1.